The van der Waals surface area contributed by atoms with Crippen molar-refractivity contribution in [2.75, 3.05) is 6.66 Å². The minimum Gasteiger partial charge on any atom is -0.0679 e. The Morgan fingerprint density at radius 1 is 0.469 bits per heavy atom. The van der Waals surface area contributed by atoms with E-state index in [4.69, 9.17) is 0 Å². The highest BCUT2D eigenvalue weighted by Gasteiger charge is 2.26. The van der Waals surface area contributed by atoms with Crippen molar-refractivity contribution in [1.82, 2.24) is 0 Å². The molecular weight excluding hydrogens is 422 g/mol. The third-order valence-electron chi connectivity index (χ3n) is 6.10. The van der Waals surface area contributed by atoms with Crippen molar-refractivity contribution in [3.8, 4) is 0 Å². The smallest absolute Gasteiger partial charge is 0.000660 e. The van der Waals surface area contributed by atoms with Gasteiger partial charge in [-0.1, -0.05) is 146 Å². The highest BCUT2D eigenvalue weighted by atomic mass is 31.2. The van der Waals surface area contributed by atoms with E-state index in [1.54, 1.807) is 0 Å². The summed E-state index contributed by atoms with van der Waals surface area (Å²) in [5.41, 5.74) is 8.39. The molecule has 0 N–H and O–H groups in total. The fourth-order valence-electron chi connectivity index (χ4n) is 4.24. The summed E-state index contributed by atoms with van der Waals surface area (Å²) in [5, 5.41) is 5.39. The predicted octanol–water partition coefficient (Wildman–Crippen LogP) is 5.72. The second-order valence-corrected chi connectivity index (χ2v) is 15.4. The molecule has 0 saturated carbocycles. The average molecular weight is 453 g/mol. The maximum atomic E-state index is 4.01. The van der Waals surface area contributed by atoms with Crippen LogP contribution in [0.15, 0.2) is 121 Å². The Kier molecular flexibility index (Phi) is 6.92. The number of hydrogen-bond donors (Lipinski definition) is 0. The minimum atomic E-state index is -1.94. The Morgan fingerprint density at radius 2 is 0.781 bits per heavy atom. The zero-order valence-electron chi connectivity index (χ0n) is 19.0. The van der Waals surface area contributed by atoms with E-state index in [2.05, 4.69) is 153 Å². The van der Waals surface area contributed by atoms with E-state index >= 15 is 0 Å². The van der Waals surface area contributed by atoms with Crippen LogP contribution in [0.5, 0.6) is 0 Å². The Hall–Kier alpha value is -2.70. The standard InChI is InChI=1S/C30H30P2/c1-26(2)32(29-20-12-6-13-21-29,30-22-14-7-15-23-30)25-24-31(3,27-16-8-4-9-17-27)28-18-10-5-11-19-28/h4-23,26H,1-3H3. The molecule has 160 valence electrons. The molecule has 4 rings (SSSR count). The van der Waals surface area contributed by atoms with Gasteiger partial charge >= 0.3 is 0 Å². The van der Waals surface area contributed by atoms with E-state index < -0.39 is 13.8 Å². The van der Waals surface area contributed by atoms with E-state index in [9.17, 15) is 0 Å². The van der Waals surface area contributed by atoms with Gasteiger partial charge in [0.1, 0.15) is 0 Å². The molecule has 0 spiro atoms. The van der Waals surface area contributed by atoms with Gasteiger partial charge in [-0.15, -0.1) is 0 Å². The van der Waals surface area contributed by atoms with Crippen molar-refractivity contribution in [2.45, 2.75) is 19.5 Å². The molecule has 0 aliphatic heterocycles. The fraction of sp³-hybridized carbons (Fsp3) is 0.133. The quantitative estimate of drug-likeness (QED) is 0.340. The number of benzene rings is 4. The molecule has 0 unspecified atom stereocenters. The Balaban J connectivity index is 2.24. The van der Waals surface area contributed by atoms with Crippen LogP contribution in [0.25, 0.3) is 0 Å². The molecule has 0 aromatic heterocycles. The first-order chi connectivity index (χ1) is 15.6. The van der Waals surface area contributed by atoms with Crippen LogP contribution in [0.3, 0.4) is 0 Å². The maximum Gasteiger partial charge on any atom is 0.000660 e. The van der Waals surface area contributed by atoms with Gasteiger partial charge in [-0.05, 0) is 40.4 Å². The zero-order valence-corrected chi connectivity index (χ0v) is 20.8. The molecule has 0 heterocycles. The number of hydrogen-bond acceptors (Lipinski definition) is 0. The molecule has 0 amide bonds. The van der Waals surface area contributed by atoms with Crippen molar-refractivity contribution >= 4 is 45.9 Å². The van der Waals surface area contributed by atoms with Crippen LogP contribution >= 0.6 is 13.8 Å². The summed E-state index contributed by atoms with van der Waals surface area (Å²) in [5.74, 6) is 0. The normalized spacial score (nSPS) is 11.6. The first kappa shape index (κ1) is 22.5. The summed E-state index contributed by atoms with van der Waals surface area (Å²) in [7, 11) is 0. The van der Waals surface area contributed by atoms with Crippen molar-refractivity contribution in [3.05, 3.63) is 121 Å². The molecule has 4 aromatic rings. The van der Waals surface area contributed by atoms with E-state index in [-0.39, 0.29) is 0 Å². The summed E-state index contributed by atoms with van der Waals surface area (Å²) in [6.07, 6.45) is 0. The molecule has 4 aromatic carbocycles. The van der Waals surface area contributed by atoms with E-state index in [1.165, 1.54) is 21.2 Å². The largest absolute Gasteiger partial charge is 0.0679 e. The third-order valence-corrected chi connectivity index (χ3v) is 13.7. The lowest BCUT2D eigenvalue weighted by molar-refractivity contribution is 1.10. The first-order valence-corrected chi connectivity index (χ1v) is 15.2. The van der Waals surface area contributed by atoms with Crippen LogP contribution in [0.1, 0.15) is 13.8 Å². The van der Waals surface area contributed by atoms with Crippen LogP contribution in [0.4, 0.5) is 0 Å². The van der Waals surface area contributed by atoms with Gasteiger partial charge in [0.15, 0.2) is 0 Å². The summed E-state index contributed by atoms with van der Waals surface area (Å²) >= 11 is 0. The fourth-order valence-corrected chi connectivity index (χ4v) is 11.1. The topological polar surface area (TPSA) is 0 Å². The third kappa shape index (κ3) is 4.30. The molecule has 0 saturated heterocycles. The van der Waals surface area contributed by atoms with E-state index in [0.717, 1.165) is 0 Å². The molecule has 0 radical (unpaired) electrons. The van der Waals surface area contributed by atoms with Gasteiger partial charge in [-0.25, -0.2) is 0 Å². The summed E-state index contributed by atoms with van der Waals surface area (Å²) in [6.45, 7) is 3.22. The van der Waals surface area contributed by atoms with Gasteiger partial charge in [0, 0.05) is 6.89 Å². The van der Waals surface area contributed by atoms with Crippen LogP contribution in [-0.2, 0) is 0 Å². The van der Waals surface area contributed by atoms with Gasteiger partial charge in [-0.2, -0.15) is 0 Å². The summed E-state index contributed by atoms with van der Waals surface area (Å²) < 4.78 is 0. The van der Waals surface area contributed by atoms with Crippen molar-refractivity contribution in [2.24, 2.45) is 0 Å². The maximum absolute atomic E-state index is 4.01. The Morgan fingerprint density at radius 3 is 1.09 bits per heavy atom. The summed E-state index contributed by atoms with van der Waals surface area (Å²) in [6, 6.07) is 43.6. The highest BCUT2D eigenvalue weighted by Crippen LogP contribution is 2.49. The zero-order chi connectivity index (χ0) is 22.4. The van der Waals surface area contributed by atoms with Gasteiger partial charge in [0.05, 0.1) is 0 Å². The van der Waals surface area contributed by atoms with Crippen LogP contribution in [0.2, 0.25) is 0 Å². The van der Waals surface area contributed by atoms with E-state index in [0.29, 0.717) is 5.66 Å². The Bertz CT molecular complexity index is 1220. The summed E-state index contributed by atoms with van der Waals surface area (Å²) in [4.78, 5) is 0. The Labute approximate surface area is 193 Å². The minimum absolute atomic E-state index is 0.416. The second kappa shape index (κ2) is 9.84. The molecular formula is C30H30P2. The highest BCUT2D eigenvalue weighted by molar-refractivity contribution is 7.92. The first-order valence-electron chi connectivity index (χ1n) is 11.1. The van der Waals surface area contributed by atoms with Gasteiger partial charge in [-0.3, -0.25) is 0 Å². The van der Waals surface area contributed by atoms with Crippen molar-refractivity contribution < 1.29 is 0 Å². The lowest BCUT2D eigenvalue weighted by Gasteiger charge is -2.29. The second-order valence-electron chi connectivity index (χ2n) is 8.39. The molecule has 0 aliphatic rings. The number of rotatable bonds is 5. The molecule has 0 aliphatic carbocycles. The molecule has 32 heavy (non-hydrogen) atoms. The van der Waals surface area contributed by atoms with Crippen LogP contribution < -0.4 is 21.2 Å². The van der Waals surface area contributed by atoms with Gasteiger partial charge in [0.25, 0.3) is 0 Å². The lowest BCUT2D eigenvalue weighted by atomic mass is 10.4. The molecule has 0 nitrogen and oxygen atoms in total. The van der Waals surface area contributed by atoms with Gasteiger partial charge < -0.3 is 0 Å². The molecule has 0 bridgehead atoms. The molecule has 0 atom stereocenters. The van der Waals surface area contributed by atoms with Crippen molar-refractivity contribution in [1.29, 1.82) is 0 Å². The average Bonchev–Trinajstić information content (AvgIpc) is 2.86. The predicted molar refractivity (Wildman–Crippen MR) is 149 cm³/mol. The lowest BCUT2D eigenvalue weighted by Crippen LogP contribution is -2.23. The van der Waals surface area contributed by atoms with Crippen LogP contribution in [-0.4, -0.2) is 23.2 Å². The van der Waals surface area contributed by atoms with Crippen LogP contribution in [0, 0.1) is 0 Å². The molecule has 0 fully saturated rings. The monoisotopic (exact) mass is 452 g/mol. The van der Waals surface area contributed by atoms with E-state index in [1.807, 2.05) is 0 Å². The van der Waals surface area contributed by atoms with Gasteiger partial charge in [0.2, 0.25) is 0 Å². The SMILES string of the molecule is CC(C)P(=C=C=P(C)(c1ccccc1)c1ccccc1)(c1ccccc1)c1ccccc1. The van der Waals surface area contributed by atoms with Crippen molar-refractivity contribution in [3.63, 3.8) is 0 Å². The molecule has 2 heteroatoms.